The van der Waals surface area contributed by atoms with Gasteiger partial charge in [-0.05, 0) is 32.0 Å². The Labute approximate surface area is 106 Å². The van der Waals surface area contributed by atoms with Crippen molar-refractivity contribution in [1.82, 2.24) is 0 Å². The van der Waals surface area contributed by atoms with E-state index in [1.54, 1.807) is 6.26 Å². The van der Waals surface area contributed by atoms with Crippen LogP contribution >= 0.6 is 11.8 Å². The molecule has 1 heterocycles. The molecule has 0 spiro atoms. The Hall–Kier alpha value is -1.35. The first kappa shape index (κ1) is 12.1. The Balaban J connectivity index is 1.73. The molecule has 1 N–H and O–H groups in total. The van der Waals surface area contributed by atoms with Crippen molar-refractivity contribution in [1.29, 1.82) is 0 Å². The maximum absolute atomic E-state index is 5.25. The monoisotopic (exact) mass is 247 g/mol. The number of anilines is 1. The average Bonchev–Trinajstić information content (AvgIpc) is 2.73. The Morgan fingerprint density at radius 1 is 1.12 bits per heavy atom. The van der Waals surface area contributed by atoms with Gasteiger partial charge in [0.05, 0.1) is 6.26 Å². The first-order valence-electron chi connectivity index (χ1n) is 5.73. The minimum atomic E-state index is 0.957. The molecule has 0 atom stereocenters. The number of hydrogen-bond acceptors (Lipinski definition) is 3. The first-order chi connectivity index (χ1) is 8.25. The highest BCUT2D eigenvalue weighted by atomic mass is 32.2. The van der Waals surface area contributed by atoms with Gasteiger partial charge in [-0.25, -0.2) is 0 Å². The van der Waals surface area contributed by atoms with E-state index >= 15 is 0 Å². The lowest BCUT2D eigenvalue weighted by molar-refractivity contribution is 0.527. The number of thioether (sulfide) groups is 1. The molecular formula is C14H17NOS. The summed E-state index contributed by atoms with van der Waals surface area (Å²) in [6.07, 6.45) is 1.74. The molecule has 2 aromatic rings. The van der Waals surface area contributed by atoms with Gasteiger partial charge < -0.3 is 9.73 Å². The normalized spacial score (nSPS) is 10.5. The number of rotatable bonds is 5. The molecule has 2 rings (SSSR count). The van der Waals surface area contributed by atoms with Crippen LogP contribution in [0.1, 0.15) is 11.3 Å². The molecule has 0 bridgehead atoms. The molecule has 0 aliphatic heterocycles. The Bertz CT molecular complexity index is 461. The van der Waals surface area contributed by atoms with Crippen molar-refractivity contribution >= 4 is 17.4 Å². The van der Waals surface area contributed by atoms with Crippen molar-refractivity contribution in [2.24, 2.45) is 0 Å². The summed E-state index contributed by atoms with van der Waals surface area (Å²) in [5, 5.41) is 3.40. The van der Waals surface area contributed by atoms with Gasteiger partial charge in [-0.2, -0.15) is 0 Å². The first-order valence-corrected chi connectivity index (χ1v) is 6.72. The molecule has 0 fully saturated rings. The van der Waals surface area contributed by atoms with E-state index in [9.17, 15) is 0 Å². The average molecular weight is 247 g/mol. The molecule has 0 saturated carbocycles. The second-order valence-corrected chi connectivity index (χ2v) is 5.12. The highest BCUT2D eigenvalue weighted by Gasteiger charge is 2.00. The fraction of sp³-hybridized carbons (Fsp3) is 0.286. The number of hydrogen-bond donors (Lipinski definition) is 1. The van der Waals surface area contributed by atoms with E-state index in [-0.39, 0.29) is 0 Å². The third-order valence-electron chi connectivity index (χ3n) is 2.55. The molecule has 1 aromatic heterocycles. The van der Waals surface area contributed by atoms with Crippen molar-refractivity contribution in [2.45, 2.75) is 18.7 Å². The van der Waals surface area contributed by atoms with E-state index in [1.807, 2.05) is 24.8 Å². The lowest BCUT2D eigenvalue weighted by Crippen LogP contribution is -2.03. The van der Waals surface area contributed by atoms with Crippen LogP contribution in [0.5, 0.6) is 0 Å². The smallest absolute Gasteiger partial charge is 0.114 e. The quantitative estimate of drug-likeness (QED) is 0.636. The standard InChI is InChI=1S/C14H17NOS/c1-11-3-5-13(6-4-11)15-8-10-17-14-7-9-16-12(14)2/h3-7,9,15H,8,10H2,1-2H3. The van der Waals surface area contributed by atoms with Gasteiger partial charge in [0.25, 0.3) is 0 Å². The largest absolute Gasteiger partial charge is 0.468 e. The summed E-state index contributed by atoms with van der Waals surface area (Å²) in [6, 6.07) is 10.5. The molecule has 90 valence electrons. The van der Waals surface area contributed by atoms with Crippen molar-refractivity contribution in [2.75, 3.05) is 17.6 Å². The number of furan rings is 1. The molecule has 1 aromatic carbocycles. The minimum Gasteiger partial charge on any atom is -0.468 e. The van der Waals surface area contributed by atoms with Gasteiger partial charge in [0.15, 0.2) is 0 Å². The Morgan fingerprint density at radius 2 is 1.88 bits per heavy atom. The molecule has 2 nitrogen and oxygen atoms in total. The summed E-state index contributed by atoms with van der Waals surface area (Å²) in [5.41, 5.74) is 2.47. The van der Waals surface area contributed by atoms with Crippen LogP contribution in [-0.4, -0.2) is 12.3 Å². The zero-order valence-electron chi connectivity index (χ0n) is 10.2. The molecule has 0 aliphatic rings. The van der Waals surface area contributed by atoms with Gasteiger partial charge in [-0.15, -0.1) is 11.8 Å². The molecule has 0 amide bonds. The van der Waals surface area contributed by atoms with Crippen molar-refractivity contribution < 1.29 is 4.42 Å². The predicted molar refractivity (Wildman–Crippen MR) is 73.8 cm³/mol. The summed E-state index contributed by atoms with van der Waals surface area (Å²) in [6.45, 7) is 5.05. The van der Waals surface area contributed by atoms with E-state index < -0.39 is 0 Å². The van der Waals surface area contributed by atoms with Crippen LogP contribution in [-0.2, 0) is 0 Å². The van der Waals surface area contributed by atoms with Crippen molar-refractivity contribution in [3.05, 3.63) is 47.9 Å². The molecule has 0 saturated heterocycles. The van der Waals surface area contributed by atoms with E-state index in [0.717, 1.165) is 18.1 Å². The molecule has 0 unspecified atom stereocenters. The SMILES string of the molecule is Cc1ccc(NCCSc2ccoc2C)cc1. The summed E-state index contributed by atoms with van der Waals surface area (Å²) >= 11 is 1.82. The lowest BCUT2D eigenvalue weighted by Gasteiger charge is -2.06. The van der Waals surface area contributed by atoms with Gasteiger partial charge in [-0.1, -0.05) is 17.7 Å². The Kier molecular flexibility index (Phi) is 4.15. The maximum Gasteiger partial charge on any atom is 0.114 e. The summed E-state index contributed by atoms with van der Waals surface area (Å²) in [7, 11) is 0. The third kappa shape index (κ3) is 3.56. The van der Waals surface area contributed by atoms with Crippen LogP contribution in [0.15, 0.2) is 45.9 Å². The number of benzene rings is 1. The second-order valence-electron chi connectivity index (χ2n) is 3.98. The van der Waals surface area contributed by atoms with E-state index in [1.165, 1.54) is 16.1 Å². The summed E-state index contributed by atoms with van der Waals surface area (Å²) in [5.74, 6) is 2.04. The lowest BCUT2D eigenvalue weighted by atomic mass is 10.2. The van der Waals surface area contributed by atoms with Crippen LogP contribution < -0.4 is 5.32 Å². The summed E-state index contributed by atoms with van der Waals surface area (Å²) < 4.78 is 5.25. The van der Waals surface area contributed by atoms with Crippen LogP contribution in [0.3, 0.4) is 0 Å². The zero-order chi connectivity index (χ0) is 12.1. The highest BCUT2D eigenvalue weighted by Crippen LogP contribution is 2.22. The molecule has 0 radical (unpaired) electrons. The van der Waals surface area contributed by atoms with Crippen LogP contribution in [0.4, 0.5) is 5.69 Å². The predicted octanol–water partition coefficient (Wildman–Crippen LogP) is 4.10. The van der Waals surface area contributed by atoms with Gasteiger partial charge >= 0.3 is 0 Å². The third-order valence-corrected chi connectivity index (χ3v) is 3.69. The van der Waals surface area contributed by atoms with E-state index in [2.05, 4.69) is 36.5 Å². The number of nitrogens with one attached hydrogen (secondary N) is 1. The van der Waals surface area contributed by atoms with Gasteiger partial charge in [-0.3, -0.25) is 0 Å². The fourth-order valence-electron chi connectivity index (χ4n) is 1.55. The minimum absolute atomic E-state index is 0.957. The van der Waals surface area contributed by atoms with Crippen molar-refractivity contribution in [3.8, 4) is 0 Å². The maximum atomic E-state index is 5.25. The summed E-state index contributed by atoms with van der Waals surface area (Å²) in [4.78, 5) is 1.23. The molecule has 17 heavy (non-hydrogen) atoms. The van der Waals surface area contributed by atoms with Crippen LogP contribution in [0.2, 0.25) is 0 Å². The van der Waals surface area contributed by atoms with Gasteiger partial charge in [0, 0.05) is 22.9 Å². The van der Waals surface area contributed by atoms with Crippen LogP contribution in [0.25, 0.3) is 0 Å². The van der Waals surface area contributed by atoms with Crippen LogP contribution in [0, 0.1) is 13.8 Å². The molecule has 0 aliphatic carbocycles. The molecular weight excluding hydrogens is 230 g/mol. The van der Waals surface area contributed by atoms with E-state index in [4.69, 9.17) is 4.42 Å². The topological polar surface area (TPSA) is 25.2 Å². The fourth-order valence-corrected chi connectivity index (χ4v) is 2.38. The number of aryl methyl sites for hydroxylation is 2. The van der Waals surface area contributed by atoms with Gasteiger partial charge in [0.1, 0.15) is 5.76 Å². The highest BCUT2D eigenvalue weighted by molar-refractivity contribution is 7.99. The zero-order valence-corrected chi connectivity index (χ0v) is 11.0. The second kappa shape index (κ2) is 5.82. The van der Waals surface area contributed by atoms with Gasteiger partial charge in [0.2, 0.25) is 0 Å². The van der Waals surface area contributed by atoms with Crippen molar-refractivity contribution in [3.63, 3.8) is 0 Å². The Morgan fingerprint density at radius 3 is 2.53 bits per heavy atom. The van der Waals surface area contributed by atoms with E-state index in [0.29, 0.717) is 0 Å². The molecule has 3 heteroatoms.